The number of allylic oxidation sites excluding steroid dienone is 1. The Morgan fingerprint density at radius 2 is 1.43 bits per heavy atom. The lowest BCUT2D eigenvalue weighted by atomic mass is 9.79. The zero-order valence-electron chi connectivity index (χ0n) is 17.5. The highest BCUT2D eigenvalue weighted by Gasteiger charge is 2.15. The lowest BCUT2D eigenvalue weighted by Crippen LogP contribution is -2.29. The molecule has 0 aliphatic rings. The molecule has 30 heavy (non-hydrogen) atoms. The number of likely N-dealkylation sites (N-methyl/N-ethyl adjacent to an activating group) is 1. The van der Waals surface area contributed by atoms with Gasteiger partial charge in [-0.1, -0.05) is 73.7 Å². The van der Waals surface area contributed by atoms with E-state index >= 15 is 0 Å². The van der Waals surface area contributed by atoms with E-state index in [9.17, 15) is 10.0 Å². The van der Waals surface area contributed by atoms with Gasteiger partial charge in [-0.15, -0.1) is 0 Å². The zero-order valence-corrected chi connectivity index (χ0v) is 17.5. The number of rotatable bonds is 9. The molecule has 154 valence electrons. The molecule has 0 atom stereocenters. The van der Waals surface area contributed by atoms with Gasteiger partial charge in [0.15, 0.2) is 0 Å². The highest BCUT2D eigenvalue weighted by molar-refractivity contribution is 6.58. The van der Waals surface area contributed by atoms with Gasteiger partial charge in [0.05, 0.1) is 0 Å². The third-order valence-electron chi connectivity index (χ3n) is 5.04. The summed E-state index contributed by atoms with van der Waals surface area (Å²) < 4.78 is 5.77. The van der Waals surface area contributed by atoms with Crippen LogP contribution in [-0.4, -0.2) is 37.4 Å². The summed E-state index contributed by atoms with van der Waals surface area (Å²) in [4.78, 5) is 0. The molecule has 0 aromatic heterocycles. The van der Waals surface area contributed by atoms with Crippen molar-refractivity contribution in [2.24, 2.45) is 0 Å². The maximum atomic E-state index is 9.45. The number of hydrogen-bond acceptors (Lipinski definition) is 4. The van der Waals surface area contributed by atoms with Crippen LogP contribution >= 0.6 is 0 Å². The summed E-state index contributed by atoms with van der Waals surface area (Å²) >= 11 is 0. The predicted octanol–water partition coefficient (Wildman–Crippen LogP) is 3.33. The van der Waals surface area contributed by atoms with Crippen molar-refractivity contribution in [3.05, 3.63) is 95.6 Å². The molecule has 0 saturated carbocycles. The van der Waals surface area contributed by atoms with Gasteiger partial charge in [-0.25, -0.2) is 0 Å². The summed E-state index contributed by atoms with van der Waals surface area (Å²) in [6, 6.07) is 25.9. The van der Waals surface area contributed by atoms with Crippen molar-refractivity contribution < 1.29 is 14.8 Å². The van der Waals surface area contributed by atoms with Crippen molar-refractivity contribution in [2.45, 2.75) is 13.3 Å². The molecular weight excluding hydrogens is 373 g/mol. The molecule has 3 rings (SSSR count). The van der Waals surface area contributed by atoms with E-state index in [1.165, 1.54) is 11.1 Å². The minimum Gasteiger partial charge on any atom is -0.492 e. The van der Waals surface area contributed by atoms with Crippen molar-refractivity contribution in [3.63, 3.8) is 0 Å². The molecule has 3 aromatic carbocycles. The van der Waals surface area contributed by atoms with E-state index in [-0.39, 0.29) is 0 Å². The van der Waals surface area contributed by atoms with Crippen molar-refractivity contribution in [1.29, 1.82) is 0 Å². The van der Waals surface area contributed by atoms with Crippen LogP contribution in [0, 0.1) is 0 Å². The van der Waals surface area contributed by atoms with Crippen molar-refractivity contribution in [2.75, 3.05) is 20.2 Å². The summed E-state index contributed by atoms with van der Waals surface area (Å²) in [7, 11) is 0.431. The van der Waals surface area contributed by atoms with E-state index < -0.39 is 7.12 Å². The summed E-state index contributed by atoms with van der Waals surface area (Å²) in [6.07, 6.45) is 0.865. The normalized spacial score (nSPS) is 11.7. The first-order valence-electron chi connectivity index (χ1n) is 10.3. The SMILES string of the molecule is CC/C(=C(\c1ccc(OCCNC)cc1)c1ccc(B(O)O)cc1)c1ccccc1. The summed E-state index contributed by atoms with van der Waals surface area (Å²) in [5, 5.41) is 22.0. The molecular formula is C25H28BNO3. The van der Waals surface area contributed by atoms with Crippen LogP contribution in [0.4, 0.5) is 0 Å². The Balaban J connectivity index is 2.07. The molecule has 0 unspecified atom stereocenters. The van der Waals surface area contributed by atoms with Crippen molar-refractivity contribution >= 4 is 23.7 Å². The van der Waals surface area contributed by atoms with E-state index in [4.69, 9.17) is 4.74 Å². The molecule has 0 saturated heterocycles. The fourth-order valence-electron chi connectivity index (χ4n) is 3.49. The Hall–Kier alpha value is -2.86. The quantitative estimate of drug-likeness (QED) is 0.293. The van der Waals surface area contributed by atoms with E-state index in [1.807, 2.05) is 49.5 Å². The maximum absolute atomic E-state index is 9.45. The molecule has 3 N–H and O–H groups in total. The monoisotopic (exact) mass is 401 g/mol. The smallest absolute Gasteiger partial charge is 0.488 e. The van der Waals surface area contributed by atoms with Crippen LogP contribution in [0.15, 0.2) is 78.9 Å². The van der Waals surface area contributed by atoms with Crippen LogP contribution in [0.5, 0.6) is 5.75 Å². The molecule has 3 aromatic rings. The second kappa shape index (κ2) is 10.8. The molecule has 0 heterocycles. The van der Waals surface area contributed by atoms with E-state index in [1.54, 1.807) is 12.1 Å². The summed E-state index contributed by atoms with van der Waals surface area (Å²) in [5.74, 6) is 0.838. The highest BCUT2D eigenvalue weighted by atomic mass is 16.5. The number of ether oxygens (including phenoxy) is 1. The van der Waals surface area contributed by atoms with Gasteiger partial charge in [0.25, 0.3) is 0 Å². The predicted molar refractivity (Wildman–Crippen MR) is 125 cm³/mol. The van der Waals surface area contributed by atoms with Gasteiger partial charge in [-0.2, -0.15) is 0 Å². The second-order valence-electron chi connectivity index (χ2n) is 7.05. The van der Waals surface area contributed by atoms with Crippen LogP contribution < -0.4 is 15.5 Å². The van der Waals surface area contributed by atoms with Crippen LogP contribution in [0.1, 0.15) is 30.0 Å². The minimum atomic E-state index is -1.47. The van der Waals surface area contributed by atoms with Gasteiger partial charge >= 0.3 is 7.12 Å². The third-order valence-corrected chi connectivity index (χ3v) is 5.04. The zero-order chi connectivity index (χ0) is 21.3. The summed E-state index contributed by atoms with van der Waals surface area (Å²) in [6.45, 7) is 3.57. The molecule has 0 bridgehead atoms. The van der Waals surface area contributed by atoms with Crippen LogP contribution in [-0.2, 0) is 0 Å². The minimum absolute atomic E-state index is 0.476. The average molecular weight is 401 g/mol. The lowest BCUT2D eigenvalue weighted by Gasteiger charge is -2.17. The molecule has 0 spiro atoms. The Kier molecular flexibility index (Phi) is 7.86. The van der Waals surface area contributed by atoms with Gasteiger partial charge in [-0.05, 0) is 58.9 Å². The van der Waals surface area contributed by atoms with Gasteiger partial charge in [0, 0.05) is 6.54 Å². The molecule has 5 heteroatoms. The Bertz CT molecular complexity index is 952. The van der Waals surface area contributed by atoms with Gasteiger partial charge in [0.1, 0.15) is 12.4 Å². The number of hydrogen-bond donors (Lipinski definition) is 3. The first-order chi connectivity index (χ1) is 14.6. The number of benzene rings is 3. The molecule has 0 aliphatic heterocycles. The Morgan fingerprint density at radius 1 is 0.833 bits per heavy atom. The first-order valence-corrected chi connectivity index (χ1v) is 10.3. The molecule has 0 aliphatic carbocycles. The van der Waals surface area contributed by atoms with Crippen molar-refractivity contribution in [1.82, 2.24) is 5.32 Å². The largest absolute Gasteiger partial charge is 0.492 e. The Morgan fingerprint density at radius 3 is 1.97 bits per heavy atom. The fraction of sp³-hybridized carbons (Fsp3) is 0.200. The molecule has 0 fully saturated rings. The topological polar surface area (TPSA) is 61.7 Å². The molecule has 0 amide bonds. The first kappa shape index (κ1) is 21.8. The fourth-order valence-corrected chi connectivity index (χ4v) is 3.49. The van der Waals surface area contributed by atoms with Gasteiger partial charge in [-0.3, -0.25) is 0 Å². The van der Waals surface area contributed by atoms with E-state index in [2.05, 4.69) is 36.5 Å². The molecule has 0 radical (unpaired) electrons. The standard InChI is InChI=1S/C25H28BNO3/c1-3-24(19-7-5-4-6-8-19)25(20-9-13-22(14-10-20)26(28)29)21-11-15-23(16-12-21)30-18-17-27-2/h4-16,27-29H,3,17-18H2,1-2H3/b25-24+. The second-order valence-corrected chi connectivity index (χ2v) is 7.05. The molecule has 4 nitrogen and oxygen atoms in total. The van der Waals surface area contributed by atoms with Crippen LogP contribution in [0.3, 0.4) is 0 Å². The van der Waals surface area contributed by atoms with Crippen LogP contribution in [0.2, 0.25) is 0 Å². The van der Waals surface area contributed by atoms with Crippen molar-refractivity contribution in [3.8, 4) is 5.75 Å². The van der Waals surface area contributed by atoms with Gasteiger partial charge in [0.2, 0.25) is 0 Å². The highest BCUT2D eigenvalue weighted by Crippen LogP contribution is 2.34. The average Bonchev–Trinajstić information content (AvgIpc) is 2.79. The van der Waals surface area contributed by atoms with E-state index in [0.29, 0.717) is 12.1 Å². The van der Waals surface area contributed by atoms with Gasteiger partial charge < -0.3 is 20.1 Å². The number of nitrogens with one attached hydrogen (secondary N) is 1. The van der Waals surface area contributed by atoms with Crippen LogP contribution in [0.25, 0.3) is 11.1 Å². The lowest BCUT2D eigenvalue weighted by molar-refractivity contribution is 0.318. The summed E-state index contributed by atoms with van der Waals surface area (Å²) in [5.41, 5.74) is 6.14. The maximum Gasteiger partial charge on any atom is 0.488 e. The van der Waals surface area contributed by atoms with E-state index in [0.717, 1.165) is 35.4 Å². The Labute approximate surface area is 179 Å². The third kappa shape index (κ3) is 5.39.